The number of hydrogen-bond donors (Lipinski definition) is 3. The van der Waals surface area contributed by atoms with E-state index in [1.54, 1.807) is 4.63 Å². The van der Waals surface area contributed by atoms with E-state index < -0.39 is 10.1 Å². The fraction of sp³-hybridized carbons (Fsp3) is 0.500. The fourth-order valence-electron chi connectivity index (χ4n) is 3.62. The molecule has 1 saturated carbocycles. The standard InChI is InChI=1S/C20H27ClN6O4S/c1-14-18(21)20-24-19(26-27(20)25-14)15-7-9-17(10-8-15)22-11-30-13-31-32(28,29)12-23-16-5-3-2-4-6-16/h7-10,16,22-23,25H,2-6,11-13H2,1H3. The summed E-state index contributed by atoms with van der Waals surface area (Å²) in [6.07, 6.45) is 5.51. The monoisotopic (exact) mass is 482 g/mol. The Bertz CT molecular complexity index is 1140. The molecule has 4 rings (SSSR count). The number of nitrogens with zero attached hydrogens (tertiary/aromatic N) is 3. The molecule has 0 atom stereocenters. The van der Waals surface area contributed by atoms with Gasteiger partial charge in [0.05, 0.1) is 5.69 Å². The Kier molecular flexibility index (Phi) is 7.31. The lowest BCUT2D eigenvalue weighted by molar-refractivity contribution is 0.0292. The molecule has 1 aliphatic carbocycles. The molecule has 0 radical (unpaired) electrons. The van der Waals surface area contributed by atoms with Crippen molar-refractivity contribution in [2.24, 2.45) is 0 Å². The molecule has 1 aromatic carbocycles. The van der Waals surface area contributed by atoms with E-state index in [0.29, 0.717) is 16.5 Å². The number of hydrogen-bond acceptors (Lipinski definition) is 8. The van der Waals surface area contributed by atoms with E-state index >= 15 is 0 Å². The average molecular weight is 483 g/mol. The van der Waals surface area contributed by atoms with Crippen molar-refractivity contribution in [3.8, 4) is 11.4 Å². The third-order valence-electron chi connectivity index (χ3n) is 5.39. The van der Waals surface area contributed by atoms with Gasteiger partial charge in [-0.1, -0.05) is 30.9 Å². The molecule has 1 aliphatic rings. The third kappa shape index (κ3) is 5.78. The van der Waals surface area contributed by atoms with Crippen LogP contribution in [0.1, 0.15) is 37.8 Å². The topological polar surface area (TPSA) is 123 Å². The lowest BCUT2D eigenvalue weighted by atomic mass is 9.96. The van der Waals surface area contributed by atoms with Gasteiger partial charge in [-0.3, -0.25) is 10.4 Å². The highest BCUT2D eigenvalue weighted by atomic mass is 35.5. The second-order valence-electron chi connectivity index (χ2n) is 7.80. The quantitative estimate of drug-likeness (QED) is 0.228. The lowest BCUT2D eigenvalue weighted by Crippen LogP contribution is -2.35. The van der Waals surface area contributed by atoms with Crippen LogP contribution >= 0.6 is 11.6 Å². The van der Waals surface area contributed by atoms with Crippen LogP contribution in [0.3, 0.4) is 0 Å². The summed E-state index contributed by atoms with van der Waals surface area (Å²) in [5.74, 6) is 0.360. The Morgan fingerprint density at radius 2 is 1.97 bits per heavy atom. The summed E-state index contributed by atoms with van der Waals surface area (Å²) >= 11 is 6.20. The smallest absolute Gasteiger partial charge is 0.282 e. The summed E-state index contributed by atoms with van der Waals surface area (Å²) < 4.78 is 35.6. The molecule has 12 heteroatoms. The van der Waals surface area contributed by atoms with Crippen molar-refractivity contribution in [2.75, 3.05) is 24.7 Å². The number of anilines is 1. The molecule has 3 N–H and O–H groups in total. The number of aromatic amines is 1. The Balaban J connectivity index is 1.19. The first-order chi connectivity index (χ1) is 15.4. The minimum absolute atomic E-state index is 0.103. The van der Waals surface area contributed by atoms with E-state index in [4.69, 9.17) is 20.5 Å². The number of fused-ring (bicyclic) bond motifs is 1. The van der Waals surface area contributed by atoms with Gasteiger partial charge in [-0.25, -0.2) is 9.17 Å². The summed E-state index contributed by atoms with van der Waals surface area (Å²) in [7, 11) is -3.67. The van der Waals surface area contributed by atoms with Crippen molar-refractivity contribution in [3.05, 3.63) is 35.0 Å². The van der Waals surface area contributed by atoms with E-state index in [0.717, 1.165) is 42.6 Å². The number of benzene rings is 1. The molecule has 0 amide bonds. The van der Waals surface area contributed by atoms with Crippen LogP contribution in [0.2, 0.25) is 5.02 Å². The zero-order valence-corrected chi connectivity index (χ0v) is 19.4. The third-order valence-corrected chi connectivity index (χ3v) is 6.82. The van der Waals surface area contributed by atoms with Gasteiger partial charge in [-0.05, 0) is 44.0 Å². The van der Waals surface area contributed by atoms with E-state index in [1.807, 2.05) is 31.2 Å². The van der Waals surface area contributed by atoms with Crippen molar-refractivity contribution in [1.82, 2.24) is 25.1 Å². The van der Waals surface area contributed by atoms with Crippen LogP contribution in [-0.4, -0.2) is 53.7 Å². The molecule has 3 aromatic rings. The van der Waals surface area contributed by atoms with Crippen molar-refractivity contribution in [3.63, 3.8) is 0 Å². The van der Waals surface area contributed by atoms with Gasteiger partial charge in [0.1, 0.15) is 17.6 Å². The fourth-order valence-corrected chi connectivity index (χ4v) is 4.52. The van der Waals surface area contributed by atoms with Crippen LogP contribution in [0, 0.1) is 6.92 Å². The van der Waals surface area contributed by atoms with Crippen LogP contribution in [0.25, 0.3) is 17.0 Å². The highest BCUT2D eigenvalue weighted by molar-refractivity contribution is 7.86. The van der Waals surface area contributed by atoms with Gasteiger partial charge < -0.3 is 10.1 Å². The summed E-state index contributed by atoms with van der Waals surface area (Å²) in [4.78, 5) is 4.45. The van der Waals surface area contributed by atoms with Crippen LogP contribution < -0.4 is 10.6 Å². The van der Waals surface area contributed by atoms with Gasteiger partial charge in [0.25, 0.3) is 10.1 Å². The SMILES string of the molecule is Cc1[nH]n2nc(-c3ccc(NCOCOS(=O)(=O)CNC4CCCCC4)cc3)nc2c1Cl. The summed E-state index contributed by atoms with van der Waals surface area (Å²) in [6.45, 7) is 1.62. The van der Waals surface area contributed by atoms with Gasteiger partial charge >= 0.3 is 0 Å². The molecule has 0 bridgehead atoms. The van der Waals surface area contributed by atoms with Crippen LogP contribution in [-0.2, 0) is 19.0 Å². The van der Waals surface area contributed by atoms with Crippen LogP contribution in [0.4, 0.5) is 5.69 Å². The first-order valence-corrected chi connectivity index (χ1v) is 12.5. The molecular formula is C20H27ClN6O4S. The molecule has 10 nitrogen and oxygen atoms in total. The molecule has 32 heavy (non-hydrogen) atoms. The maximum absolute atomic E-state index is 12.0. The maximum Gasteiger partial charge on any atom is 0.282 e. The van der Waals surface area contributed by atoms with Crippen molar-refractivity contribution >= 4 is 33.1 Å². The minimum Gasteiger partial charge on any atom is -0.363 e. The van der Waals surface area contributed by atoms with Gasteiger partial charge in [-0.15, -0.1) is 5.10 Å². The largest absolute Gasteiger partial charge is 0.363 e. The zero-order chi connectivity index (χ0) is 22.6. The number of rotatable bonds is 10. The van der Waals surface area contributed by atoms with Crippen molar-refractivity contribution < 1.29 is 17.3 Å². The Morgan fingerprint density at radius 3 is 2.69 bits per heavy atom. The molecule has 0 aliphatic heterocycles. The van der Waals surface area contributed by atoms with Gasteiger partial charge in [0, 0.05) is 17.3 Å². The number of aromatic nitrogens is 4. The first-order valence-electron chi connectivity index (χ1n) is 10.5. The molecular weight excluding hydrogens is 456 g/mol. The van der Waals surface area contributed by atoms with Crippen molar-refractivity contribution in [2.45, 2.75) is 45.1 Å². The first kappa shape index (κ1) is 23.0. The number of aryl methyl sites for hydroxylation is 1. The molecule has 2 aromatic heterocycles. The Morgan fingerprint density at radius 1 is 1.22 bits per heavy atom. The molecule has 174 valence electrons. The van der Waals surface area contributed by atoms with Crippen LogP contribution in [0.15, 0.2) is 24.3 Å². The van der Waals surface area contributed by atoms with E-state index in [1.165, 1.54) is 6.42 Å². The summed E-state index contributed by atoms with van der Waals surface area (Å²) in [6, 6.07) is 7.70. The number of halogens is 1. The zero-order valence-electron chi connectivity index (χ0n) is 17.8. The summed E-state index contributed by atoms with van der Waals surface area (Å²) in [5, 5.41) is 14.1. The molecule has 0 saturated heterocycles. The number of nitrogens with one attached hydrogen (secondary N) is 3. The molecule has 0 unspecified atom stereocenters. The Labute approximate surface area is 191 Å². The predicted molar refractivity (Wildman–Crippen MR) is 122 cm³/mol. The van der Waals surface area contributed by atoms with Crippen molar-refractivity contribution in [1.29, 1.82) is 0 Å². The second kappa shape index (κ2) is 10.2. The molecule has 0 spiro atoms. The Hall–Kier alpha value is -2.18. The average Bonchev–Trinajstić information content (AvgIpc) is 3.32. The molecule has 1 fully saturated rings. The highest BCUT2D eigenvalue weighted by Crippen LogP contribution is 2.24. The predicted octanol–water partition coefficient (Wildman–Crippen LogP) is 3.26. The van der Waals surface area contributed by atoms with Gasteiger partial charge in [0.2, 0.25) is 0 Å². The van der Waals surface area contributed by atoms with Crippen LogP contribution in [0.5, 0.6) is 0 Å². The lowest BCUT2D eigenvalue weighted by Gasteiger charge is -2.22. The molecule has 2 heterocycles. The van der Waals surface area contributed by atoms with Gasteiger partial charge in [-0.2, -0.15) is 13.0 Å². The second-order valence-corrected chi connectivity index (χ2v) is 9.82. The van der Waals surface area contributed by atoms with E-state index in [-0.39, 0.29) is 25.4 Å². The minimum atomic E-state index is -3.67. The maximum atomic E-state index is 12.0. The van der Waals surface area contributed by atoms with E-state index in [2.05, 4.69) is 25.8 Å². The van der Waals surface area contributed by atoms with Gasteiger partial charge in [0.15, 0.2) is 18.3 Å². The normalized spacial score (nSPS) is 15.4. The number of H-pyrrole nitrogens is 1. The summed E-state index contributed by atoms with van der Waals surface area (Å²) in [5.41, 5.74) is 3.03. The number of ether oxygens (including phenoxy) is 1. The highest BCUT2D eigenvalue weighted by Gasteiger charge is 2.17. The van der Waals surface area contributed by atoms with E-state index in [9.17, 15) is 8.42 Å².